The van der Waals surface area contributed by atoms with Gasteiger partial charge in [-0.1, -0.05) is 36.4 Å². The van der Waals surface area contributed by atoms with Crippen molar-refractivity contribution in [2.24, 2.45) is 0 Å². The van der Waals surface area contributed by atoms with Gasteiger partial charge in [0.2, 0.25) is 0 Å². The molecule has 2 aromatic carbocycles. The Hall–Kier alpha value is -3.32. The number of carbonyl (C=O) groups excluding carboxylic acids is 2. The van der Waals surface area contributed by atoms with Crippen LogP contribution in [-0.2, 0) is 9.59 Å². The molecule has 0 unspecified atom stereocenters. The second-order valence-electron chi connectivity index (χ2n) is 7.73. The predicted octanol–water partition coefficient (Wildman–Crippen LogP) is 3.47. The SMILES string of the molecule is CCOc1ccc([C@@H]2/C(=C(\O)c3ccccc3)C(=O)C(=O)N2CCN(C)C)cc1OCC. The minimum atomic E-state index is -0.731. The highest BCUT2D eigenvalue weighted by atomic mass is 16.5. The van der Waals surface area contributed by atoms with E-state index in [1.54, 1.807) is 36.4 Å². The molecule has 0 saturated carbocycles. The number of hydrogen-bond donors (Lipinski definition) is 1. The molecular weight excluding hydrogens is 408 g/mol. The lowest BCUT2D eigenvalue weighted by atomic mass is 9.95. The standard InChI is InChI=1S/C25H30N2O5/c1-5-31-19-13-12-18(16-20(19)32-6-2)22-21(23(28)17-10-8-7-9-11-17)24(29)25(30)27(22)15-14-26(3)4/h7-13,16,22,28H,5-6,14-15H2,1-4H3/b23-21+/t22-/m1/s1. The number of aliphatic hydroxyl groups is 1. The summed E-state index contributed by atoms with van der Waals surface area (Å²) >= 11 is 0. The van der Waals surface area contributed by atoms with Crippen LogP contribution in [0.2, 0.25) is 0 Å². The lowest BCUT2D eigenvalue weighted by molar-refractivity contribution is -0.140. The molecule has 1 aliphatic rings. The Bertz CT molecular complexity index is 1000. The molecule has 0 aliphatic carbocycles. The van der Waals surface area contributed by atoms with Crippen molar-refractivity contribution < 1.29 is 24.2 Å². The molecule has 1 aliphatic heterocycles. The number of nitrogens with zero attached hydrogens (tertiary/aromatic N) is 2. The summed E-state index contributed by atoms with van der Waals surface area (Å²) in [6.07, 6.45) is 0. The molecule has 32 heavy (non-hydrogen) atoms. The smallest absolute Gasteiger partial charge is 0.295 e. The van der Waals surface area contributed by atoms with E-state index in [1.165, 1.54) is 4.90 Å². The zero-order valence-electron chi connectivity index (χ0n) is 19.0. The van der Waals surface area contributed by atoms with Gasteiger partial charge < -0.3 is 24.4 Å². The molecule has 1 heterocycles. The molecule has 1 atom stereocenters. The summed E-state index contributed by atoms with van der Waals surface area (Å²) in [5, 5.41) is 11.1. The van der Waals surface area contributed by atoms with Crippen LogP contribution in [0, 0.1) is 0 Å². The maximum absolute atomic E-state index is 13.1. The summed E-state index contributed by atoms with van der Waals surface area (Å²) < 4.78 is 11.4. The second-order valence-corrected chi connectivity index (χ2v) is 7.73. The van der Waals surface area contributed by atoms with Crippen LogP contribution in [-0.4, -0.2) is 67.0 Å². The first kappa shape index (κ1) is 23.3. The average molecular weight is 439 g/mol. The van der Waals surface area contributed by atoms with Crippen molar-refractivity contribution in [3.05, 3.63) is 65.2 Å². The van der Waals surface area contributed by atoms with Crippen LogP contribution >= 0.6 is 0 Å². The highest BCUT2D eigenvalue weighted by Gasteiger charge is 2.46. The molecule has 2 aromatic rings. The topological polar surface area (TPSA) is 79.3 Å². The number of carbonyl (C=O) groups is 2. The number of likely N-dealkylation sites (N-methyl/N-ethyl adjacent to an activating group) is 1. The second kappa shape index (κ2) is 10.3. The van der Waals surface area contributed by atoms with E-state index in [0.29, 0.717) is 48.9 Å². The van der Waals surface area contributed by atoms with Gasteiger partial charge in [0, 0.05) is 18.7 Å². The van der Waals surface area contributed by atoms with Gasteiger partial charge >= 0.3 is 0 Å². The number of hydrogen-bond acceptors (Lipinski definition) is 6. The normalized spacial score (nSPS) is 17.8. The van der Waals surface area contributed by atoms with Gasteiger partial charge in [-0.2, -0.15) is 0 Å². The number of benzene rings is 2. The molecule has 0 spiro atoms. The van der Waals surface area contributed by atoms with E-state index in [9.17, 15) is 14.7 Å². The Labute approximate surface area is 188 Å². The molecule has 1 N–H and O–H groups in total. The zero-order chi connectivity index (χ0) is 23.3. The van der Waals surface area contributed by atoms with Crippen LogP contribution < -0.4 is 9.47 Å². The number of likely N-dealkylation sites (tertiary alicyclic amines) is 1. The molecule has 7 heteroatoms. The van der Waals surface area contributed by atoms with Crippen LogP contribution in [0.15, 0.2) is 54.1 Å². The van der Waals surface area contributed by atoms with E-state index >= 15 is 0 Å². The minimum Gasteiger partial charge on any atom is -0.507 e. The van der Waals surface area contributed by atoms with Crippen molar-refractivity contribution in [3.8, 4) is 11.5 Å². The highest BCUT2D eigenvalue weighted by Crippen LogP contribution is 2.41. The molecular formula is C25H30N2O5. The van der Waals surface area contributed by atoms with Gasteiger partial charge in [0.15, 0.2) is 11.5 Å². The third-order valence-corrected chi connectivity index (χ3v) is 5.26. The van der Waals surface area contributed by atoms with Crippen LogP contribution in [0.1, 0.15) is 31.0 Å². The maximum Gasteiger partial charge on any atom is 0.295 e. The predicted molar refractivity (Wildman–Crippen MR) is 123 cm³/mol. The Morgan fingerprint density at radius 3 is 2.28 bits per heavy atom. The number of rotatable bonds is 9. The molecule has 170 valence electrons. The molecule has 1 fully saturated rings. The third kappa shape index (κ3) is 4.78. The molecule has 1 amide bonds. The van der Waals surface area contributed by atoms with Gasteiger partial charge in [-0.15, -0.1) is 0 Å². The van der Waals surface area contributed by atoms with Gasteiger partial charge in [0.25, 0.3) is 11.7 Å². The van der Waals surface area contributed by atoms with E-state index in [-0.39, 0.29) is 11.3 Å². The summed E-state index contributed by atoms with van der Waals surface area (Å²) in [6.45, 7) is 5.60. The van der Waals surface area contributed by atoms with E-state index in [1.807, 2.05) is 45.0 Å². The van der Waals surface area contributed by atoms with Gasteiger partial charge in [-0.25, -0.2) is 0 Å². The summed E-state index contributed by atoms with van der Waals surface area (Å²) in [4.78, 5) is 29.5. The summed E-state index contributed by atoms with van der Waals surface area (Å²) in [5.74, 6) is -0.382. The van der Waals surface area contributed by atoms with Crippen LogP contribution in [0.25, 0.3) is 5.76 Å². The Kier molecular flexibility index (Phi) is 7.53. The van der Waals surface area contributed by atoms with Crippen molar-refractivity contribution in [1.82, 2.24) is 9.80 Å². The minimum absolute atomic E-state index is 0.0755. The fourth-order valence-electron chi connectivity index (χ4n) is 3.75. The number of aliphatic hydroxyl groups excluding tert-OH is 1. The van der Waals surface area contributed by atoms with E-state index in [0.717, 1.165) is 0 Å². The first-order valence-electron chi connectivity index (χ1n) is 10.8. The monoisotopic (exact) mass is 438 g/mol. The fraction of sp³-hybridized carbons (Fsp3) is 0.360. The number of amides is 1. The maximum atomic E-state index is 13.1. The van der Waals surface area contributed by atoms with E-state index in [4.69, 9.17) is 9.47 Å². The summed E-state index contributed by atoms with van der Waals surface area (Å²) in [5.41, 5.74) is 1.23. The Balaban J connectivity index is 2.16. The van der Waals surface area contributed by atoms with Crippen molar-refractivity contribution in [3.63, 3.8) is 0 Å². The van der Waals surface area contributed by atoms with Gasteiger partial charge in [0.1, 0.15) is 5.76 Å². The Morgan fingerprint density at radius 2 is 1.66 bits per heavy atom. The molecule has 0 aromatic heterocycles. The number of ketones is 1. The van der Waals surface area contributed by atoms with Crippen molar-refractivity contribution >= 4 is 17.4 Å². The van der Waals surface area contributed by atoms with Crippen LogP contribution in [0.3, 0.4) is 0 Å². The highest BCUT2D eigenvalue weighted by molar-refractivity contribution is 6.46. The molecule has 1 saturated heterocycles. The molecule has 3 rings (SSSR count). The first-order valence-corrected chi connectivity index (χ1v) is 10.8. The largest absolute Gasteiger partial charge is 0.507 e. The van der Waals surface area contributed by atoms with Crippen molar-refractivity contribution in [2.75, 3.05) is 40.4 Å². The number of ether oxygens (including phenoxy) is 2. The quantitative estimate of drug-likeness (QED) is 0.367. The number of Topliss-reactive ketones (excluding diaryl/α,β-unsaturated/α-hetero) is 1. The van der Waals surface area contributed by atoms with Gasteiger partial charge in [0.05, 0.1) is 24.8 Å². The van der Waals surface area contributed by atoms with E-state index in [2.05, 4.69) is 0 Å². The van der Waals surface area contributed by atoms with Gasteiger partial charge in [-0.3, -0.25) is 9.59 Å². The molecule has 0 radical (unpaired) electrons. The van der Waals surface area contributed by atoms with Crippen LogP contribution in [0.5, 0.6) is 11.5 Å². The van der Waals surface area contributed by atoms with Gasteiger partial charge in [-0.05, 0) is 45.6 Å². The zero-order valence-corrected chi connectivity index (χ0v) is 19.0. The van der Waals surface area contributed by atoms with Crippen molar-refractivity contribution in [2.45, 2.75) is 19.9 Å². The van der Waals surface area contributed by atoms with Crippen LogP contribution in [0.4, 0.5) is 0 Å². The summed E-state index contributed by atoms with van der Waals surface area (Å²) in [7, 11) is 3.80. The lowest BCUT2D eigenvalue weighted by Crippen LogP contribution is -2.35. The molecule has 7 nitrogen and oxygen atoms in total. The lowest BCUT2D eigenvalue weighted by Gasteiger charge is -2.27. The van der Waals surface area contributed by atoms with Crippen molar-refractivity contribution in [1.29, 1.82) is 0 Å². The summed E-state index contributed by atoms with van der Waals surface area (Å²) in [6, 6.07) is 13.4. The third-order valence-electron chi connectivity index (χ3n) is 5.26. The fourth-order valence-corrected chi connectivity index (χ4v) is 3.75. The van der Waals surface area contributed by atoms with E-state index < -0.39 is 17.7 Å². The molecule has 0 bridgehead atoms. The first-order chi connectivity index (χ1) is 15.4. The Morgan fingerprint density at radius 1 is 1.00 bits per heavy atom. The average Bonchev–Trinajstić information content (AvgIpc) is 3.04.